The fourth-order valence-electron chi connectivity index (χ4n) is 2.05. The molecule has 112 valence electrons. The molecule has 0 aromatic heterocycles. The zero-order valence-corrected chi connectivity index (χ0v) is 12.7. The Balaban J connectivity index is 2.38. The third-order valence-electron chi connectivity index (χ3n) is 3.18. The highest BCUT2D eigenvalue weighted by Gasteiger charge is 2.26. The average Bonchev–Trinajstić information content (AvgIpc) is 2.43. The number of hydrogen-bond donors (Lipinski definition) is 1. The maximum absolute atomic E-state index is 14.1. The number of anilines is 1. The zero-order chi connectivity index (χ0) is 15.6. The first-order valence-corrected chi connectivity index (χ1v) is 7.82. The quantitative estimate of drug-likeness (QED) is 0.883. The summed E-state index contributed by atoms with van der Waals surface area (Å²) in [5.41, 5.74) is 6.88. The van der Waals surface area contributed by atoms with Crippen LogP contribution in [0, 0.1) is 12.7 Å². The molecule has 2 rings (SSSR count). The van der Waals surface area contributed by atoms with E-state index >= 15 is 0 Å². The van der Waals surface area contributed by atoms with Crippen molar-refractivity contribution in [2.45, 2.75) is 18.4 Å². The molecule has 0 aliphatic carbocycles. The highest BCUT2D eigenvalue weighted by atomic mass is 32.2. The lowest BCUT2D eigenvalue weighted by Gasteiger charge is -2.18. The monoisotopic (exact) mass is 308 g/mol. The Hall–Kier alpha value is -1.92. The second kappa shape index (κ2) is 5.83. The minimum Gasteiger partial charge on any atom is -0.399 e. The van der Waals surface area contributed by atoms with Gasteiger partial charge in [-0.05, 0) is 30.2 Å². The number of nitrogen functional groups attached to an aromatic ring is 1. The van der Waals surface area contributed by atoms with Crippen molar-refractivity contribution >= 4 is 15.7 Å². The molecular formula is C15H17FN2O2S. The van der Waals surface area contributed by atoms with Crippen molar-refractivity contribution in [3.05, 3.63) is 59.4 Å². The third-order valence-corrected chi connectivity index (χ3v) is 4.98. The van der Waals surface area contributed by atoms with E-state index in [1.807, 2.05) is 30.3 Å². The van der Waals surface area contributed by atoms with Crippen LogP contribution in [-0.2, 0) is 16.6 Å². The molecule has 0 radical (unpaired) electrons. The lowest BCUT2D eigenvalue weighted by molar-refractivity contribution is 0.459. The van der Waals surface area contributed by atoms with Crippen LogP contribution in [0.2, 0.25) is 0 Å². The molecule has 0 unspecified atom stereocenters. The molecule has 0 bridgehead atoms. The van der Waals surface area contributed by atoms with E-state index in [0.29, 0.717) is 0 Å². The van der Waals surface area contributed by atoms with Crippen molar-refractivity contribution in [2.24, 2.45) is 0 Å². The van der Waals surface area contributed by atoms with Gasteiger partial charge in [0, 0.05) is 19.3 Å². The van der Waals surface area contributed by atoms with Gasteiger partial charge < -0.3 is 5.73 Å². The molecule has 0 saturated carbocycles. The predicted octanol–water partition coefficient (Wildman–Crippen LogP) is 2.54. The van der Waals surface area contributed by atoms with Crippen molar-refractivity contribution < 1.29 is 12.8 Å². The van der Waals surface area contributed by atoms with Crippen LogP contribution in [0.5, 0.6) is 0 Å². The summed E-state index contributed by atoms with van der Waals surface area (Å²) in [6.45, 7) is 1.65. The number of nitrogens with two attached hydrogens (primary N) is 1. The van der Waals surface area contributed by atoms with E-state index in [0.717, 1.165) is 15.9 Å². The number of nitrogens with zero attached hydrogens (tertiary/aromatic N) is 1. The SMILES string of the molecule is Cc1cc(N)cc(S(=O)(=O)N(C)Cc2ccccc2)c1F. The first-order chi connectivity index (χ1) is 9.82. The fraction of sp³-hybridized carbons (Fsp3) is 0.200. The predicted molar refractivity (Wildman–Crippen MR) is 80.6 cm³/mol. The first kappa shape index (κ1) is 15.5. The fourth-order valence-corrected chi connectivity index (χ4v) is 3.37. The van der Waals surface area contributed by atoms with Crippen LogP contribution in [0.4, 0.5) is 10.1 Å². The summed E-state index contributed by atoms with van der Waals surface area (Å²) in [4.78, 5) is -0.390. The smallest absolute Gasteiger partial charge is 0.246 e. The molecule has 0 aliphatic heterocycles. The highest BCUT2D eigenvalue weighted by Crippen LogP contribution is 2.24. The number of sulfonamides is 1. The summed E-state index contributed by atoms with van der Waals surface area (Å²) < 4.78 is 40.2. The second-order valence-electron chi connectivity index (χ2n) is 4.90. The van der Waals surface area contributed by atoms with Crippen LogP contribution in [-0.4, -0.2) is 19.8 Å². The molecule has 2 aromatic rings. The van der Waals surface area contributed by atoms with Gasteiger partial charge in [0.25, 0.3) is 0 Å². The van der Waals surface area contributed by atoms with Gasteiger partial charge in [-0.1, -0.05) is 30.3 Å². The Bertz CT molecular complexity index is 746. The lowest BCUT2D eigenvalue weighted by atomic mass is 10.2. The van der Waals surface area contributed by atoms with E-state index in [1.165, 1.54) is 20.0 Å². The van der Waals surface area contributed by atoms with Gasteiger partial charge in [0.1, 0.15) is 10.7 Å². The lowest BCUT2D eigenvalue weighted by Crippen LogP contribution is -2.27. The number of halogens is 1. The molecule has 6 heteroatoms. The van der Waals surface area contributed by atoms with Crippen LogP contribution in [0.25, 0.3) is 0 Å². The molecule has 0 amide bonds. The highest BCUT2D eigenvalue weighted by molar-refractivity contribution is 7.89. The molecule has 21 heavy (non-hydrogen) atoms. The van der Waals surface area contributed by atoms with Crippen molar-refractivity contribution in [2.75, 3.05) is 12.8 Å². The third kappa shape index (κ3) is 3.22. The molecule has 0 aliphatic rings. The van der Waals surface area contributed by atoms with Gasteiger partial charge in [-0.3, -0.25) is 0 Å². The first-order valence-electron chi connectivity index (χ1n) is 6.38. The maximum Gasteiger partial charge on any atom is 0.246 e. The Morgan fingerprint density at radius 3 is 2.43 bits per heavy atom. The van der Waals surface area contributed by atoms with Crippen LogP contribution in [0.3, 0.4) is 0 Å². The zero-order valence-electron chi connectivity index (χ0n) is 11.9. The molecule has 2 aromatic carbocycles. The summed E-state index contributed by atoms with van der Waals surface area (Å²) in [5, 5.41) is 0. The Morgan fingerprint density at radius 2 is 1.81 bits per heavy atom. The second-order valence-corrected chi connectivity index (χ2v) is 6.91. The topological polar surface area (TPSA) is 63.4 Å². The molecular weight excluding hydrogens is 291 g/mol. The minimum absolute atomic E-state index is 0.163. The van der Waals surface area contributed by atoms with Crippen molar-refractivity contribution in [3.63, 3.8) is 0 Å². The molecule has 2 N–H and O–H groups in total. The van der Waals surface area contributed by atoms with Crippen LogP contribution in [0.1, 0.15) is 11.1 Å². The van der Waals surface area contributed by atoms with Crippen molar-refractivity contribution in [3.8, 4) is 0 Å². The molecule has 0 fully saturated rings. The van der Waals surface area contributed by atoms with E-state index < -0.39 is 20.7 Å². The van der Waals surface area contributed by atoms with E-state index in [2.05, 4.69) is 0 Å². The van der Waals surface area contributed by atoms with Crippen LogP contribution < -0.4 is 5.73 Å². The van der Waals surface area contributed by atoms with Gasteiger partial charge in [-0.15, -0.1) is 0 Å². The van der Waals surface area contributed by atoms with Gasteiger partial charge in [0.15, 0.2) is 0 Å². The Morgan fingerprint density at radius 1 is 1.19 bits per heavy atom. The summed E-state index contributed by atoms with van der Waals surface area (Å²) in [6, 6.07) is 11.7. The molecule has 4 nitrogen and oxygen atoms in total. The van der Waals surface area contributed by atoms with Crippen molar-refractivity contribution in [1.29, 1.82) is 0 Å². The van der Waals surface area contributed by atoms with Gasteiger partial charge >= 0.3 is 0 Å². The number of aryl methyl sites for hydroxylation is 1. The number of hydrogen-bond acceptors (Lipinski definition) is 3. The van der Waals surface area contributed by atoms with Crippen LogP contribution in [0.15, 0.2) is 47.4 Å². The molecule has 0 saturated heterocycles. The summed E-state index contributed by atoms with van der Waals surface area (Å²) in [7, 11) is -2.52. The van der Waals surface area contributed by atoms with Gasteiger partial charge in [0.05, 0.1) is 0 Å². The van der Waals surface area contributed by atoms with Crippen molar-refractivity contribution in [1.82, 2.24) is 4.31 Å². The molecule has 0 atom stereocenters. The Labute approximate surface area is 124 Å². The van der Waals surface area contributed by atoms with E-state index in [9.17, 15) is 12.8 Å². The van der Waals surface area contributed by atoms with E-state index in [-0.39, 0.29) is 17.8 Å². The normalized spacial score (nSPS) is 11.8. The van der Waals surface area contributed by atoms with Gasteiger partial charge in [-0.2, -0.15) is 4.31 Å². The summed E-state index contributed by atoms with van der Waals surface area (Å²) in [5.74, 6) is -0.760. The minimum atomic E-state index is -3.93. The largest absolute Gasteiger partial charge is 0.399 e. The van der Waals surface area contributed by atoms with Gasteiger partial charge in [-0.25, -0.2) is 12.8 Å². The maximum atomic E-state index is 14.1. The average molecular weight is 308 g/mol. The number of benzene rings is 2. The van der Waals surface area contributed by atoms with Gasteiger partial charge in [0.2, 0.25) is 10.0 Å². The molecule has 0 heterocycles. The number of rotatable bonds is 4. The van der Waals surface area contributed by atoms with Crippen LogP contribution >= 0.6 is 0 Å². The van der Waals surface area contributed by atoms with E-state index in [1.54, 1.807) is 0 Å². The standard InChI is InChI=1S/C15H17FN2O2S/c1-11-8-13(17)9-14(15(11)16)21(19,20)18(2)10-12-6-4-3-5-7-12/h3-9H,10,17H2,1-2H3. The van der Waals surface area contributed by atoms with E-state index in [4.69, 9.17) is 5.73 Å². The Kier molecular flexibility index (Phi) is 4.29. The molecule has 0 spiro atoms. The summed E-state index contributed by atoms with van der Waals surface area (Å²) >= 11 is 0. The summed E-state index contributed by atoms with van der Waals surface area (Å²) in [6.07, 6.45) is 0.